The molecule has 0 spiro atoms. The van der Waals surface area contributed by atoms with Crippen molar-refractivity contribution in [3.05, 3.63) is 76.1 Å². The minimum atomic E-state index is -1.17. The van der Waals surface area contributed by atoms with Gasteiger partial charge in [0.25, 0.3) is 5.91 Å². The van der Waals surface area contributed by atoms with Crippen LogP contribution in [0.25, 0.3) is 0 Å². The summed E-state index contributed by atoms with van der Waals surface area (Å²) in [5, 5.41) is 16.2. The van der Waals surface area contributed by atoms with Crippen LogP contribution in [0, 0.1) is 6.92 Å². The second-order valence-electron chi connectivity index (χ2n) is 6.21. The largest absolute Gasteiger partial charge is 0.487 e. The maximum atomic E-state index is 12.4. The second-order valence-corrected chi connectivity index (χ2v) is 6.62. The number of ether oxygens (including phenoxy) is 1. The molecule has 0 aliphatic carbocycles. The van der Waals surface area contributed by atoms with Gasteiger partial charge in [0.2, 0.25) is 0 Å². The Labute approximate surface area is 166 Å². The second kappa shape index (κ2) is 8.14. The molecule has 0 aliphatic rings. The molecule has 144 valence electrons. The number of anilines is 1. The van der Waals surface area contributed by atoms with Gasteiger partial charge in [0.1, 0.15) is 12.4 Å². The molecule has 1 aromatic heterocycles. The number of aromatic carboxylic acids is 1. The Morgan fingerprint density at radius 3 is 2.61 bits per heavy atom. The van der Waals surface area contributed by atoms with Gasteiger partial charge in [-0.2, -0.15) is 5.10 Å². The lowest BCUT2D eigenvalue weighted by Crippen LogP contribution is -2.15. The van der Waals surface area contributed by atoms with Crippen LogP contribution in [0.5, 0.6) is 5.75 Å². The first-order chi connectivity index (χ1) is 13.3. The minimum absolute atomic E-state index is 0.0894. The van der Waals surface area contributed by atoms with E-state index in [2.05, 4.69) is 10.4 Å². The fourth-order valence-electron chi connectivity index (χ4n) is 2.61. The van der Waals surface area contributed by atoms with Crippen LogP contribution in [0.15, 0.2) is 48.7 Å². The van der Waals surface area contributed by atoms with Crippen molar-refractivity contribution in [2.75, 3.05) is 5.32 Å². The van der Waals surface area contributed by atoms with Crippen molar-refractivity contribution < 1.29 is 19.4 Å². The molecule has 0 atom stereocenters. The molecule has 3 aromatic rings. The van der Waals surface area contributed by atoms with E-state index in [4.69, 9.17) is 16.3 Å². The molecule has 28 heavy (non-hydrogen) atoms. The Kier molecular flexibility index (Phi) is 5.65. The number of aromatic nitrogens is 2. The number of rotatable bonds is 6. The van der Waals surface area contributed by atoms with E-state index < -0.39 is 11.9 Å². The zero-order valence-electron chi connectivity index (χ0n) is 15.3. The minimum Gasteiger partial charge on any atom is -0.487 e. The zero-order chi connectivity index (χ0) is 20.3. The van der Waals surface area contributed by atoms with Crippen LogP contribution in [0.3, 0.4) is 0 Å². The molecule has 8 heteroatoms. The highest BCUT2D eigenvalue weighted by Crippen LogP contribution is 2.26. The Bertz CT molecular complexity index is 1030. The normalized spacial score (nSPS) is 10.5. The van der Waals surface area contributed by atoms with E-state index >= 15 is 0 Å². The number of hydrogen-bond donors (Lipinski definition) is 2. The average Bonchev–Trinajstić information content (AvgIpc) is 3.03. The molecule has 0 radical (unpaired) electrons. The van der Waals surface area contributed by atoms with Crippen molar-refractivity contribution in [2.45, 2.75) is 13.5 Å². The predicted octanol–water partition coefficient (Wildman–Crippen LogP) is 3.91. The standard InChI is InChI=1S/C20H18ClN3O4/c1-12-3-8-15(21)17(9-12)28-11-13-4-6-14(7-5-13)19(25)23-16-10-22-24(2)18(16)20(26)27/h3-10H,11H2,1-2H3,(H,23,25)(H,26,27). The van der Waals surface area contributed by atoms with Gasteiger partial charge in [0.15, 0.2) is 5.69 Å². The first kappa shape index (κ1) is 19.4. The third kappa shape index (κ3) is 4.32. The van der Waals surface area contributed by atoms with Crippen LogP contribution in [0.4, 0.5) is 5.69 Å². The first-order valence-electron chi connectivity index (χ1n) is 8.39. The number of hydrogen-bond acceptors (Lipinski definition) is 4. The van der Waals surface area contributed by atoms with Gasteiger partial charge in [-0.25, -0.2) is 4.79 Å². The molecule has 0 fully saturated rings. The lowest BCUT2D eigenvalue weighted by molar-refractivity contribution is 0.0686. The van der Waals surface area contributed by atoms with E-state index in [1.54, 1.807) is 30.3 Å². The number of aryl methyl sites for hydroxylation is 2. The molecule has 1 heterocycles. The lowest BCUT2D eigenvalue weighted by Gasteiger charge is -2.10. The van der Waals surface area contributed by atoms with Crippen molar-refractivity contribution in [1.29, 1.82) is 0 Å². The molecule has 2 aromatic carbocycles. The number of amides is 1. The van der Waals surface area contributed by atoms with Gasteiger partial charge in [-0.05, 0) is 42.3 Å². The maximum Gasteiger partial charge on any atom is 0.356 e. The third-order valence-electron chi connectivity index (χ3n) is 4.09. The average molecular weight is 400 g/mol. The van der Waals surface area contributed by atoms with Crippen LogP contribution in [0.2, 0.25) is 5.02 Å². The fourth-order valence-corrected chi connectivity index (χ4v) is 2.78. The van der Waals surface area contributed by atoms with Gasteiger partial charge in [-0.15, -0.1) is 0 Å². The van der Waals surface area contributed by atoms with Crippen molar-refractivity contribution in [2.24, 2.45) is 7.05 Å². The summed E-state index contributed by atoms with van der Waals surface area (Å²) in [5.41, 5.74) is 2.34. The maximum absolute atomic E-state index is 12.4. The molecule has 0 bridgehead atoms. The van der Waals surface area contributed by atoms with E-state index in [-0.39, 0.29) is 11.4 Å². The quantitative estimate of drug-likeness (QED) is 0.655. The van der Waals surface area contributed by atoms with Gasteiger partial charge in [0.05, 0.1) is 16.9 Å². The predicted molar refractivity (Wildman–Crippen MR) is 105 cm³/mol. The van der Waals surface area contributed by atoms with Gasteiger partial charge in [-0.1, -0.05) is 29.8 Å². The summed E-state index contributed by atoms with van der Waals surface area (Å²) < 4.78 is 6.93. The van der Waals surface area contributed by atoms with E-state index in [0.717, 1.165) is 11.1 Å². The van der Waals surface area contributed by atoms with Gasteiger partial charge in [-0.3, -0.25) is 9.48 Å². The van der Waals surface area contributed by atoms with E-state index in [0.29, 0.717) is 22.9 Å². The number of carboxylic acids is 1. The Hall–Kier alpha value is -3.32. The topological polar surface area (TPSA) is 93.5 Å². The zero-order valence-corrected chi connectivity index (χ0v) is 16.0. The number of halogens is 1. The van der Waals surface area contributed by atoms with Crippen molar-refractivity contribution in [1.82, 2.24) is 9.78 Å². The number of carboxylic acid groups (broad SMARTS) is 1. The van der Waals surface area contributed by atoms with E-state index in [1.807, 2.05) is 19.1 Å². The van der Waals surface area contributed by atoms with Crippen molar-refractivity contribution >= 4 is 29.2 Å². The van der Waals surface area contributed by atoms with Crippen LogP contribution in [-0.4, -0.2) is 26.8 Å². The number of nitrogens with zero attached hydrogens (tertiary/aromatic N) is 2. The van der Waals surface area contributed by atoms with Gasteiger partial charge in [0, 0.05) is 12.6 Å². The summed E-state index contributed by atoms with van der Waals surface area (Å²) in [5.74, 6) is -0.997. The van der Waals surface area contributed by atoms with Gasteiger partial charge < -0.3 is 15.2 Å². The summed E-state index contributed by atoms with van der Waals surface area (Å²) in [6.07, 6.45) is 1.30. The molecule has 0 aliphatic heterocycles. The van der Waals surface area contributed by atoms with Crippen LogP contribution < -0.4 is 10.1 Å². The molecule has 1 amide bonds. The Balaban J connectivity index is 1.66. The molecule has 0 unspecified atom stereocenters. The lowest BCUT2D eigenvalue weighted by atomic mass is 10.1. The van der Waals surface area contributed by atoms with Crippen LogP contribution in [0.1, 0.15) is 32.0 Å². The molecule has 2 N–H and O–H groups in total. The highest BCUT2D eigenvalue weighted by molar-refractivity contribution is 6.32. The molecular weight excluding hydrogens is 382 g/mol. The van der Waals surface area contributed by atoms with Gasteiger partial charge >= 0.3 is 5.97 Å². The Morgan fingerprint density at radius 1 is 1.21 bits per heavy atom. The molecule has 3 rings (SSSR count). The summed E-state index contributed by atoms with van der Waals surface area (Å²) >= 11 is 6.12. The summed E-state index contributed by atoms with van der Waals surface area (Å²) in [6, 6.07) is 12.4. The molecule has 0 saturated heterocycles. The first-order valence-corrected chi connectivity index (χ1v) is 8.77. The van der Waals surface area contributed by atoms with Crippen molar-refractivity contribution in [3.63, 3.8) is 0 Å². The number of benzene rings is 2. The van der Waals surface area contributed by atoms with E-state index in [9.17, 15) is 14.7 Å². The van der Waals surface area contributed by atoms with Crippen LogP contribution >= 0.6 is 11.6 Å². The molecular formula is C20H18ClN3O4. The third-order valence-corrected chi connectivity index (χ3v) is 4.40. The summed E-state index contributed by atoms with van der Waals surface area (Å²) in [6.45, 7) is 2.26. The molecule has 7 nitrogen and oxygen atoms in total. The smallest absolute Gasteiger partial charge is 0.356 e. The molecule has 0 saturated carbocycles. The van der Waals surface area contributed by atoms with E-state index in [1.165, 1.54) is 17.9 Å². The highest BCUT2D eigenvalue weighted by atomic mass is 35.5. The highest BCUT2D eigenvalue weighted by Gasteiger charge is 2.18. The van der Waals surface area contributed by atoms with Crippen molar-refractivity contribution in [3.8, 4) is 5.75 Å². The summed E-state index contributed by atoms with van der Waals surface area (Å²) in [7, 11) is 1.49. The fraction of sp³-hybridized carbons (Fsp3) is 0.150. The monoisotopic (exact) mass is 399 g/mol. The number of nitrogens with one attached hydrogen (secondary N) is 1. The van der Waals surface area contributed by atoms with Crippen LogP contribution in [-0.2, 0) is 13.7 Å². The Morgan fingerprint density at radius 2 is 1.93 bits per heavy atom. The number of carbonyl (C=O) groups is 2. The number of carbonyl (C=O) groups excluding carboxylic acids is 1. The summed E-state index contributed by atoms with van der Waals surface area (Å²) in [4.78, 5) is 23.6. The SMILES string of the molecule is Cc1ccc(Cl)c(OCc2ccc(C(=O)Nc3cnn(C)c3C(=O)O)cc2)c1.